The predicted octanol–water partition coefficient (Wildman–Crippen LogP) is 3.45. The van der Waals surface area contributed by atoms with E-state index in [1.807, 2.05) is 6.26 Å². The Balaban J connectivity index is 0.00000182. The molecule has 0 aliphatic heterocycles. The Labute approximate surface area is 163 Å². The maximum Gasteiger partial charge on any atom is 0.243 e. The maximum absolute atomic E-state index is 12.2. The smallest absolute Gasteiger partial charge is 0.243 e. The van der Waals surface area contributed by atoms with Gasteiger partial charge in [0.1, 0.15) is 5.01 Å². The number of carbonyl (C=O) groups excluding carboxylic acids is 1. The summed E-state index contributed by atoms with van der Waals surface area (Å²) >= 11 is 3.28. The molecule has 0 unspecified atom stereocenters. The Hall–Kier alpha value is -0.370. The van der Waals surface area contributed by atoms with Gasteiger partial charge in [0.05, 0.1) is 6.04 Å². The van der Waals surface area contributed by atoms with Crippen LogP contribution in [0.15, 0.2) is 0 Å². The van der Waals surface area contributed by atoms with Crippen molar-refractivity contribution < 1.29 is 4.79 Å². The summed E-state index contributed by atoms with van der Waals surface area (Å²) in [6.07, 6.45) is 10.8. The first-order chi connectivity index (χ1) is 11.6. The molecule has 0 radical (unpaired) electrons. The number of nitrogens with one attached hydrogen (secondary N) is 1. The topological polar surface area (TPSA) is 80.9 Å². The van der Waals surface area contributed by atoms with Crippen LogP contribution in [-0.2, 0) is 10.2 Å². The van der Waals surface area contributed by atoms with Crippen LogP contribution in [0.4, 0.5) is 5.13 Å². The van der Waals surface area contributed by atoms with E-state index in [0.717, 1.165) is 28.5 Å². The molecular weight excluding hydrogens is 376 g/mol. The zero-order valence-electron chi connectivity index (χ0n) is 14.6. The number of rotatable bonds is 6. The summed E-state index contributed by atoms with van der Waals surface area (Å²) in [5.74, 6) is 3.41. The highest BCUT2D eigenvalue weighted by molar-refractivity contribution is 7.98. The van der Waals surface area contributed by atoms with Gasteiger partial charge in [-0.15, -0.1) is 22.6 Å². The highest BCUT2D eigenvalue weighted by Crippen LogP contribution is 2.61. The summed E-state index contributed by atoms with van der Waals surface area (Å²) in [5, 5.41) is 13.4. The standard InChI is InChI=1S/C17H26N4OS2.ClH/c1-23-3-2-13(18)14(22)19-16-21-20-15(24-16)17-7-10-4-11(8-17)6-12(5-10)9-17;/h10-13H,2-9,18H2,1H3,(H,19,21,22);1H/t10?,11?,12?,13-,17?;/m0./s1. The van der Waals surface area contributed by atoms with Crippen LogP contribution in [-0.4, -0.2) is 34.2 Å². The molecule has 4 aliphatic rings. The average molecular weight is 403 g/mol. The van der Waals surface area contributed by atoms with Crippen LogP contribution in [0.3, 0.4) is 0 Å². The summed E-state index contributed by atoms with van der Waals surface area (Å²) in [5.41, 5.74) is 6.18. The van der Waals surface area contributed by atoms with Gasteiger partial charge in [0.25, 0.3) is 0 Å². The molecule has 1 atom stereocenters. The van der Waals surface area contributed by atoms with E-state index in [1.54, 1.807) is 23.1 Å². The Morgan fingerprint density at radius 3 is 2.44 bits per heavy atom. The van der Waals surface area contributed by atoms with E-state index in [0.29, 0.717) is 11.6 Å². The first-order valence-corrected chi connectivity index (χ1v) is 11.2. The maximum atomic E-state index is 12.2. The molecule has 140 valence electrons. The number of halogens is 1. The quantitative estimate of drug-likeness (QED) is 0.761. The molecule has 0 aromatic carbocycles. The molecule has 25 heavy (non-hydrogen) atoms. The highest BCUT2D eigenvalue weighted by Gasteiger charge is 2.53. The molecule has 0 spiro atoms. The van der Waals surface area contributed by atoms with Gasteiger partial charge in [0, 0.05) is 5.41 Å². The van der Waals surface area contributed by atoms with Crippen molar-refractivity contribution in [2.75, 3.05) is 17.3 Å². The van der Waals surface area contributed by atoms with Gasteiger partial charge in [-0.1, -0.05) is 11.3 Å². The van der Waals surface area contributed by atoms with Gasteiger partial charge in [-0.25, -0.2) is 0 Å². The van der Waals surface area contributed by atoms with E-state index in [2.05, 4.69) is 15.5 Å². The van der Waals surface area contributed by atoms with Crippen molar-refractivity contribution in [3.05, 3.63) is 5.01 Å². The first kappa shape index (κ1) is 19.4. The van der Waals surface area contributed by atoms with Crippen LogP contribution < -0.4 is 11.1 Å². The number of hydrogen-bond donors (Lipinski definition) is 2. The van der Waals surface area contributed by atoms with Crippen molar-refractivity contribution >= 4 is 46.5 Å². The van der Waals surface area contributed by atoms with Gasteiger partial charge in [0.2, 0.25) is 11.0 Å². The minimum Gasteiger partial charge on any atom is -0.320 e. The molecule has 4 bridgehead atoms. The lowest BCUT2D eigenvalue weighted by Gasteiger charge is -2.55. The van der Waals surface area contributed by atoms with Crippen LogP contribution in [0.2, 0.25) is 0 Å². The van der Waals surface area contributed by atoms with Crippen molar-refractivity contribution in [1.82, 2.24) is 10.2 Å². The molecule has 1 heterocycles. The van der Waals surface area contributed by atoms with Crippen molar-refractivity contribution in [1.29, 1.82) is 0 Å². The first-order valence-electron chi connectivity index (χ1n) is 8.97. The van der Waals surface area contributed by atoms with E-state index in [-0.39, 0.29) is 23.7 Å². The largest absolute Gasteiger partial charge is 0.320 e. The van der Waals surface area contributed by atoms with Gasteiger partial charge < -0.3 is 5.73 Å². The number of anilines is 1. The lowest BCUT2D eigenvalue weighted by atomic mass is 9.50. The van der Waals surface area contributed by atoms with E-state index < -0.39 is 6.04 Å². The summed E-state index contributed by atoms with van der Waals surface area (Å²) in [6, 6.07) is -0.468. The molecule has 1 amide bonds. The minimum atomic E-state index is -0.468. The molecular formula is C17H27ClN4OS2. The molecule has 8 heteroatoms. The number of aromatic nitrogens is 2. The number of carbonyl (C=O) groups is 1. The zero-order valence-corrected chi connectivity index (χ0v) is 17.0. The second-order valence-corrected chi connectivity index (χ2v) is 9.95. The van der Waals surface area contributed by atoms with E-state index in [1.165, 1.54) is 38.5 Å². The Bertz CT molecular complexity index is 588. The van der Waals surface area contributed by atoms with E-state index in [9.17, 15) is 4.79 Å². The normalized spacial score (nSPS) is 33.8. The fourth-order valence-electron chi connectivity index (χ4n) is 5.43. The molecule has 4 aliphatic carbocycles. The number of hydrogen-bond acceptors (Lipinski definition) is 6. The summed E-state index contributed by atoms with van der Waals surface area (Å²) in [4.78, 5) is 12.2. The summed E-state index contributed by atoms with van der Waals surface area (Å²) in [6.45, 7) is 0. The Kier molecular flexibility index (Phi) is 5.98. The van der Waals surface area contributed by atoms with Crippen LogP contribution in [0.25, 0.3) is 0 Å². The van der Waals surface area contributed by atoms with Crippen molar-refractivity contribution in [3.8, 4) is 0 Å². The third-order valence-corrected chi connectivity index (χ3v) is 7.85. The molecule has 3 N–H and O–H groups in total. The monoisotopic (exact) mass is 402 g/mol. The second-order valence-electron chi connectivity index (χ2n) is 7.99. The Morgan fingerprint density at radius 2 is 1.88 bits per heavy atom. The molecule has 1 aromatic heterocycles. The van der Waals surface area contributed by atoms with Gasteiger partial charge in [0.15, 0.2) is 0 Å². The lowest BCUT2D eigenvalue weighted by Crippen LogP contribution is -2.48. The highest BCUT2D eigenvalue weighted by atomic mass is 35.5. The Morgan fingerprint density at radius 1 is 1.28 bits per heavy atom. The minimum absolute atomic E-state index is 0. The molecule has 5 rings (SSSR count). The van der Waals surface area contributed by atoms with Gasteiger partial charge in [-0.3, -0.25) is 10.1 Å². The van der Waals surface area contributed by atoms with Crippen molar-refractivity contribution in [2.24, 2.45) is 23.5 Å². The molecule has 5 nitrogen and oxygen atoms in total. The number of thioether (sulfide) groups is 1. The van der Waals surface area contributed by atoms with Crippen LogP contribution in [0.5, 0.6) is 0 Å². The lowest BCUT2D eigenvalue weighted by molar-refractivity contribution is -0.117. The third-order valence-electron chi connectivity index (χ3n) is 6.12. The second kappa shape index (κ2) is 7.71. The fourth-order valence-corrected chi connectivity index (χ4v) is 6.89. The van der Waals surface area contributed by atoms with Crippen LogP contribution >= 0.6 is 35.5 Å². The zero-order chi connectivity index (χ0) is 16.7. The number of amides is 1. The van der Waals surface area contributed by atoms with E-state index in [4.69, 9.17) is 5.73 Å². The van der Waals surface area contributed by atoms with Gasteiger partial charge in [-0.2, -0.15) is 11.8 Å². The predicted molar refractivity (Wildman–Crippen MR) is 107 cm³/mol. The van der Waals surface area contributed by atoms with Crippen molar-refractivity contribution in [3.63, 3.8) is 0 Å². The molecule has 4 saturated carbocycles. The molecule has 0 saturated heterocycles. The van der Waals surface area contributed by atoms with Gasteiger partial charge in [-0.05, 0) is 74.7 Å². The molecule has 4 fully saturated rings. The SMILES string of the molecule is CSCC[C@H](N)C(=O)Nc1nnc(C23CC4CC(CC(C4)C2)C3)s1.Cl. The van der Waals surface area contributed by atoms with Crippen LogP contribution in [0.1, 0.15) is 50.0 Å². The number of nitrogens with zero attached hydrogens (tertiary/aromatic N) is 2. The third kappa shape index (κ3) is 3.84. The fraction of sp³-hybridized carbons (Fsp3) is 0.824. The average Bonchev–Trinajstić information content (AvgIpc) is 3.00. The summed E-state index contributed by atoms with van der Waals surface area (Å²) in [7, 11) is 0. The van der Waals surface area contributed by atoms with Crippen molar-refractivity contribution in [2.45, 2.75) is 56.4 Å². The van der Waals surface area contributed by atoms with Crippen LogP contribution in [0, 0.1) is 17.8 Å². The molecule has 1 aromatic rings. The van der Waals surface area contributed by atoms with E-state index >= 15 is 0 Å². The summed E-state index contributed by atoms with van der Waals surface area (Å²) < 4.78 is 0. The van der Waals surface area contributed by atoms with Gasteiger partial charge >= 0.3 is 0 Å². The number of nitrogens with two attached hydrogens (primary N) is 1.